The van der Waals surface area contributed by atoms with Crippen molar-refractivity contribution >= 4 is 28.6 Å². The first-order valence-corrected chi connectivity index (χ1v) is 8.37. The molecule has 0 atom stereocenters. The summed E-state index contributed by atoms with van der Waals surface area (Å²) in [5.74, 6) is 0.103. The molecule has 0 saturated heterocycles. The number of rotatable bonds is 6. The fourth-order valence-corrected chi connectivity index (χ4v) is 3.90. The Hall–Kier alpha value is -1.39. The van der Waals surface area contributed by atoms with Crippen LogP contribution in [0, 0.1) is 6.92 Å². The molecule has 4 heteroatoms. The highest BCUT2D eigenvalue weighted by Crippen LogP contribution is 2.24. The average molecular weight is 305 g/mol. The molecule has 0 aliphatic rings. The molecule has 0 aromatic carbocycles. The van der Waals surface area contributed by atoms with Crippen LogP contribution in [-0.4, -0.2) is 17.4 Å². The monoisotopic (exact) mass is 305 g/mol. The summed E-state index contributed by atoms with van der Waals surface area (Å²) in [6, 6.07) is 6.09. The lowest BCUT2D eigenvalue weighted by molar-refractivity contribution is 0.0769. The maximum Gasteiger partial charge on any atom is 0.264 e. The van der Waals surface area contributed by atoms with Gasteiger partial charge in [-0.25, -0.2) is 0 Å². The smallest absolute Gasteiger partial charge is 0.264 e. The van der Waals surface area contributed by atoms with E-state index in [1.54, 1.807) is 28.7 Å². The minimum Gasteiger partial charge on any atom is -0.329 e. The van der Waals surface area contributed by atoms with E-state index in [1.165, 1.54) is 15.3 Å². The first-order valence-electron chi connectivity index (χ1n) is 6.67. The molecule has 20 heavy (non-hydrogen) atoms. The van der Waals surface area contributed by atoms with Crippen LogP contribution in [0.3, 0.4) is 0 Å². The molecule has 2 rings (SSSR count). The van der Waals surface area contributed by atoms with E-state index in [0.717, 1.165) is 11.3 Å². The highest BCUT2D eigenvalue weighted by molar-refractivity contribution is 7.14. The number of carbonyl (C=O) groups excluding carboxylic acids is 1. The molecule has 0 unspecified atom stereocenters. The predicted molar refractivity (Wildman–Crippen MR) is 87.7 cm³/mol. The molecule has 2 aromatic rings. The zero-order chi connectivity index (χ0) is 14.5. The van der Waals surface area contributed by atoms with Crippen molar-refractivity contribution in [3.05, 3.63) is 56.4 Å². The molecular weight excluding hydrogens is 286 g/mol. The molecule has 0 aliphatic carbocycles. The standard InChI is InChI=1S/C16H19NOS2/c1-4-8-17(11-13-7-6-9-19-13)16(18)15-10-12(3)14(5-2)20-15/h4,6-7,9-10H,1,5,8,11H2,2-3H3. The molecule has 106 valence electrons. The number of amides is 1. The summed E-state index contributed by atoms with van der Waals surface area (Å²) in [5, 5.41) is 2.04. The summed E-state index contributed by atoms with van der Waals surface area (Å²) >= 11 is 3.29. The van der Waals surface area contributed by atoms with Crippen LogP contribution in [0.2, 0.25) is 0 Å². The van der Waals surface area contributed by atoms with E-state index in [1.807, 2.05) is 22.4 Å². The van der Waals surface area contributed by atoms with E-state index in [-0.39, 0.29) is 5.91 Å². The van der Waals surface area contributed by atoms with Gasteiger partial charge in [-0.05, 0) is 36.4 Å². The number of nitrogens with zero attached hydrogens (tertiary/aromatic N) is 1. The second-order valence-electron chi connectivity index (χ2n) is 4.62. The van der Waals surface area contributed by atoms with Crippen molar-refractivity contribution in [1.82, 2.24) is 4.90 Å². The van der Waals surface area contributed by atoms with Gasteiger partial charge < -0.3 is 4.90 Å². The third kappa shape index (κ3) is 3.38. The van der Waals surface area contributed by atoms with Gasteiger partial charge >= 0.3 is 0 Å². The summed E-state index contributed by atoms with van der Waals surface area (Å²) in [6.07, 6.45) is 2.77. The van der Waals surface area contributed by atoms with E-state index in [0.29, 0.717) is 13.1 Å². The molecule has 0 fully saturated rings. The summed E-state index contributed by atoms with van der Waals surface area (Å²) in [5.41, 5.74) is 1.22. The van der Waals surface area contributed by atoms with E-state index in [4.69, 9.17) is 0 Å². The van der Waals surface area contributed by atoms with Crippen LogP contribution in [0.25, 0.3) is 0 Å². The molecule has 0 bridgehead atoms. The Morgan fingerprint density at radius 3 is 2.85 bits per heavy atom. The van der Waals surface area contributed by atoms with Gasteiger partial charge in [0.25, 0.3) is 5.91 Å². The number of hydrogen-bond acceptors (Lipinski definition) is 3. The minimum absolute atomic E-state index is 0.103. The first-order chi connectivity index (χ1) is 9.65. The fourth-order valence-electron chi connectivity index (χ4n) is 2.10. The van der Waals surface area contributed by atoms with Crippen LogP contribution in [0.1, 0.15) is 31.9 Å². The Morgan fingerprint density at radius 2 is 2.30 bits per heavy atom. The largest absolute Gasteiger partial charge is 0.329 e. The summed E-state index contributed by atoms with van der Waals surface area (Å²) in [4.78, 5) is 17.8. The highest BCUT2D eigenvalue weighted by Gasteiger charge is 2.18. The number of hydrogen-bond donors (Lipinski definition) is 0. The summed E-state index contributed by atoms with van der Waals surface area (Å²) in [6.45, 7) is 9.19. The maximum atomic E-state index is 12.6. The topological polar surface area (TPSA) is 20.3 Å². The van der Waals surface area contributed by atoms with Gasteiger partial charge in [-0.1, -0.05) is 19.1 Å². The van der Waals surface area contributed by atoms with Crippen molar-refractivity contribution in [2.75, 3.05) is 6.54 Å². The number of carbonyl (C=O) groups is 1. The highest BCUT2D eigenvalue weighted by atomic mass is 32.1. The number of thiophene rings is 2. The van der Waals surface area contributed by atoms with Gasteiger partial charge in [-0.15, -0.1) is 29.3 Å². The molecule has 0 saturated carbocycles. The van der Waals surface area contributed by atoms with Crippen LogP contribution in [-0.2, 0) is 13.0 Å². The van der Waals surface area contributed by atoms with Gasteiger partial charge in [-0.2, -0.15) is 0 Å². The van der Waals surface area contributed by atoms with Crippen LogP contribution in [0.5, 0.6) is 0 Å². The lowest BCUT2D eigenvalue weighted by Gasteiger charge is -2.19. The van der Waals surface area contributed by atoms with E-state index in [2.05, 4.69) is 26.5 Å². The summed E-state index contributed by atoms with van der Waals surface area (Å²) < 4.78 is 0. The average Bonchev–Trinajstić information content (AvgIpc) is 3.06. The van der Waals surface area contributed by atoms with Crippen LogP contribution < -0.4 is 0 Å². The molecule has 2 nitrogen and oxygen atoms in total. The predicted octanol–water partition coefficient (Wildman–Crippen LogP) is 4.51. The molecule has 2 heterocycles. The third-order valence-corrected chi connectivity index (χ3v) is 5.35. The SMILES string of the molecule is C=CCN(Cc1cccs1)C(=O)c1cc(C)c(CC)s1. The number of aryl methyl sites for hydroxylation is 2. The molecule has 0 N–H and O–H groups in total. The van der Waals surface area contributed by atoms with Crippen molar-refractivity contribution in [3.8, 4) is 0 Å². The maximum absolute atomic E-state index is 12.6. The Kier molecular flexibility index (Phi) is 5.15. The lowest BCUT2D eigenvalue weighted by Crippen LogP contribution is -2.29. The minimum atomic E-state index is 0.103. The van der Waals surface area contributed by atoms with Gasteiger partial charge in [0.15, 0.2) is 0 Å². The Morgan fingerprint density at radius 1 is 1.50 bits per heavy atom. The van der Waals surface area contributed by atoms with E-state index in [9.17, 15) is 4.79 Å². The molecular formula is C16H19NOS2. The van der Waals surface area contributed by atoms with Gasteiger partial charge in [0.05, 0.1) is 11.4 Å². The van der Waals surface area contributed by atoms with Gasteiger partial charge in [0.2, 0.25) is 0 Å². The van der Waals surface area contributed by atoms with Gasteiger partial charge in [-0.3, -0.25) is 4.79 Å². The van der Waals surface area contributed by atoms with Crippen molar-refractivity contribution in [3.63, 3.8) is 0 Å². The molecule has 0 spiro atoms. The van der Waals surface area contributed by atoms with E-state index < -0.39 is 0 Å². The van der Waals surface area contributed by atoms with Crippen molar-refractivity contribution in [2.45, 2.75) is 26.8 Å². The molecule has 0 radical (unpaired) electrons. The Labute approximate surface area is 128 Å². The third-order valence-electron chi connectivity index (χ3n) is 3.12. The zero-order valence-electron chi connectivity index (χ0n) is 11.9. The normalized spacial score (nSPS) is 10.5. The lowest BCUT2D eigenvalue weighted by atomic mass is 10.2. The Bertz CT molecular complexity index is 584. The second-order valence-corrected chi connectivity index (χ2v) is 6.79. The van der Waals surface area contributed by atoms with Crippen LogP contribution in [0.15, 0.2) is 36.2 Å². The first kappa shape index (κ1) is 15.0. The Balaban J connectivity index is 2.19. The second kappa shape index (κ2) is 6.86. The van der Waals surface area contributed by atoms with Crippen LogP contribution in [0.4, 0.5) is 0 Å². The quantitative estimate of drug-likeness (QED) is 0.719. The van der Waals surface area contributed by atoms with Gasteiger partial charge in [0, 0.05) is 16.3 Å². The van der Waals surface area contributed by atoms with Crippen molar-refractivity contribution in [2.24, 2.45) is 0 Å². The molecule has 1 amide bonds. The molecule has 2 aromatic heterocycles. The van der Waals surface area contributed by atoms with Crippen molar-refractivity contribution in [1.29, 1.82) is 0 Å². The van der Waals surface area contributed by atoms with Gasteiger partial charge in [0.1, 0.15) is 0 Å². The summed E-state index contributed by atoms with van der Waals surface area (Å²) in [7, 11) is 0. The van der Waals surface area contributed by atoms with Crippen LogP contribution >= 0.6 is 22.7 Å². The fraction of sp³-hybridized carbons (Fsp3) is 0.312. The zero-order valence-corrected chi connectivity index (χ0v) is 13.5. The molecule has 0 aliphatic heterocycles. The van der Waals surface area contributed by atoms with E-state index >= 15 is 0 Å². The van der Waals surface area contributed by atoms with Crippen molar-refractivity contribution < 1.29 is 4.79 Å².